The van der Waals surface area contributed by atoms with E-state index in [0.29, 0.717) is 17.3 Å². The quantitative estimate of drug-likeness (QED) is 0.443. The third-order valence-corrected chi connectivity index (χ3v) is 7.13. The van der Waals surface area contributed by atoms with Crippen molar-refractivity contribution in [1.82, 2.24) is 0 Å². The van der Waals surface area contributed by atoms with Gasteiger partial charge in [-0.15, -0.1) is 0 Å². The highest BCUT2D eigenvalue weighted by atomic mass is 14.6. The molecule has 126 valence electrons. The molecule has 0 aliphatic heterocycles. The van der Waals surface area contributed by atoms with Crippen LogP contribution in [0.15, 0.2) is 24.3 Å². The van der Waals surface area contributed by atoms with Gasteiger partial charge in [-0.1, -0.05) is 77.7 Å². The second kappa shape index (κ2) is 6.93. The van der Waals surface area contributed by atoms with E-state index >= 15 is 0 Å². The molecule has 0 N–H and O–H groups in total. The second-order valence-electron chi connectivity index (χ2n) is 8.86. The van der Waals surface area contributed by atoms with Crippen molar-refractivity contribution in [3.8, 4) is 0 Å². The molecule has 2 rings (SSSR count). The van der Waals surface area contributed by atoms with Crippen LogP contribution in [0.3, 0.4) is 0 Å². The molecule has 0 amide bonds. The van der Waals surface area contributed by atoms with Gasteiger partial charge in [-0.05, 0) is 61.2 Å². The first kappa shape index (κ1) is 17.8. The Morgan fingerprint density at radius 2 is 1.73 bits per heavy atom. The summed E-state index contributed by atoms with van der Waals surface area (Å²) in [6, 6.07) is 0. The minimum atomic E-state index is 0.507. The van der Waals surface area contributed by atoms with Gasteiger partial charge in [-0.25, -0.2) is 0 Å². The Morgan fingerprint density at radius 3 is 2.18 bits per heavy atom. The molecule has 0 aromatic heterocycles. The van der Waals surface area contributed by atoms with Crippen LogP contribution in [0.25, 0.3) is 0 Å². The Labute approximate surface area is 139 Å². The summed E-state index contributed by atoms with van der Waals surface area (Å²) in [5, 5.41) is 0. The van der Waals surface area contributed by atoms with Crippen LogP contribution >= 0.6 is 0 Å². The number of hydrogen-bond donors (Lipinski definition) is 0. The Balaban J connectivity index is 1.99. The summed E-state index contributed by atoms with van der Waals surface area (Å²) in [4.78, 5) is 0. The van der Waals surface area contributed by atoms with E-state index in [1.54, 1.807) is 0 Å². The van der Waals surface area contributed by atoms with E-state index in [2.05, 4.69) is 47.8 Å². The van der Waals surface area contributed by atoms with Gasteiger partial charge >= 0.3 is 0 Å². The fourth-order valence-electron chi connectivity index (χ4n) is 5.41. The molecule has 4 atom stereocenters. The monoisotopic (exact) mass is 302 g/mol. The molecule has 0 spiro atoms. The molecule has 0 aromatic rings. The highest BCUT2D eigenvalue weighted by molar-refractivity contribution is 5.18. The van der Waals surface area contributed by atoms with Crippen molar-refractivity contribution in [1.29, 1.82) is 0 Å². The summed E-state index contributed by atoms with van der Waals surface area (Å²) in [7, 11) is 0. The highest BCUT2D eigenvalue weighted by Crippen LogP contribution is 2.65. The van der Waals surface area contributed by atoms with Crippen LogP contribution in [0.1, 0.15) is 79.6 Å². The maximum atomic E-state index is 4.52. The Kier molecular flexibility index (Phi) is 5.62. The lowest BCUT2D eigenvalue weighted by molar-refractivity contribution is 0.281. The molecular weight excluding hydrogens is 264 g/mol. The largest absolute Gasteiger partial charge is 0.0998 e. The van der Waals surface area contributed by atoms with Crippen molar-refractivity contribution in [3.05, 3.63) is 24.3 Å². The molecule has 2 aliphatic rings. The molecule has 0 aromatic carbocycles. The molecule has 0 radical (unpaired) electrons. The predicted molar refractivity (Wildman–Crippen MR) is 98.9 cm³/mol. The van der Waals surface area contributed by atoms with E-state index in [9.17, 15) is 0 Å². The summed E-state index contributed by atoms with van der Waals surface area (Å²) in [6.45, 7) is 20.8. The molecule has 2 aliphatic carbocycles. The van der Waals surface area contributed by atoms with E-state index in [1.165, 1.54) is 56.1 Å². The van der Waals surface area contributed by atoms with Crippen LogP contribution in [-0.2, 0) is 0 Å². The van der Waals surface area contributed by atoms with Crippen LogP contribution in [0.5, 0.6) is 0 Å². The molecule has 4 unspecified atom stereocenters. The van der Waals surface area contributed by atoms with E-state index in [0.717, 1.165) is 17.8 Å². The maximum Gasteiger partial charge on any atom is -0.0135 e. The van der Waals surface area contributed by atoms with Crippen LogP contribution in [-0.4, -0.2) is 0 Å². The molecule has 0 bridgehead atoms. The molecule has 0 heterocycles. The summed E-state index contributed by atoms with van der Waals surface area (Å²) in [6.07, 6.45) is 9.64. The zero-order chi connectivity index (χ0) is 16.5. The Morgan fingerprint density at radius 1 is 1.14 bits per heavy atom. The normalized spacial score (nSPS) is 30.6. The molecule has 22 heavy (non-hydrogen) atoms. The summed E-state index contributed by atoms with van der Waals surface area (Å²) in [5.74, 6) is 3.95. The molecule has 0 saturated heterocycles. The number of allylic oxidation sites excluding steroid dienone is 2. The molecule has 0 heteroatoms. The second-order valence-corrected chi connectivity index (χ2v) is 8.86. The van der Waals surface area contributed by atoms with Gasteiger partial charge in [-0.3, -0.25) is 0 Å². The van der Waals surface area contributed by atoms with Gasteiger partial charge in [0.15, 0.2) is 0 Å². The van der Waals surface area contributed by atoms with Gasteiger partial charge < -0.3 is 0 Å². The average molecular weight is 303 g/mol. The summed E-state index contributed by atoms with van der Waals surface area (Å²) < 4.78 is 0. The molecule has 2 saturated carbocycles. The Hall–Kier alpha value is -0.520. The molecular formula is C22H38. The van der Waals surface area contributed by atoms with Crippen molar-refractivity contribution in [3.63, 3.8) is 0 Å². The maximum absolute atomic E-state index is 4.52. The molecule has 0 nitrogen and oxygen atoms in total. The van der Waals surface area contributed by atoms with Crippen LogP contribution < -0.4 is 0 Å². The van der Waals surface area contributed by atoms with Gasteiger partial charge in [0.1, 0.15) is 0 Å². The van der Waals surface area contributed by atoms with Gasteiger partial charge in [0.2, 0.25) is 0 Å². The van der Waals surface area contributed by atoms with E-state index in [1.807, 2.05) is 0 Å². The fourth-order valence-corrected chi connectivity index (χ4v) is 5.41. The molecule has 2 fully saturated rings. The first-order chi connectivity index (χ1) is 10.3. The van der Waals surface area contributed by atoms with Crippen molar-refractivity contribution in [2.45, 2.75) is 79.6 Å². The predicted octanol–water partition coefficient (Wildman–Crippen LogP) is 7.02. The SMILES string of the molecule is C=C(CC(C(=C)C)C1C(CC)C1(C)C)C(C)C1CCCCC1. The summed E-state index contributed by atoms with van der Waals surface area (Å²) in [5.41, 5.74) is 3.38. The average Bonchev–Trinajstić information content (AvgIpc) is 3.05. The third-order valence-electron chi connectivity index (χ3n) is 7.13. The van der Waals surface area contributed by atoms with Crippen molar-refractivity contribution in [2.24, 2.45) is 35.0 Å². The van der Waals surface area contributed by atoms with Crippen LogP contribution in [0.4, 0.5) is 0 Å². The van der Waals surface area contributed by atoms with Gasteiger partial charge in [-0.2, -0.15) is 0 Å². The fraction of sp³-hybridized carbons (Fsp3) is 0.818. The third kappa shape index (κ3) is 3.52. The van der Waals surface area contributed by atoms with E-state index < -0.39 is 0 Å². The van der Waals surface area contributed by atoms with Crippen LogP contribution in [0.2, 0.25) is 0 Å². The zero-order valence-electron chi connectivity index (χ0n) is 15.8. The van der Waals surface area contributed by atoms with Crippen molar-refractivity contribution >= 4 is 0 Å². The van der Waals surface area contributed by atoms with E-state index in [4.69, 9.17) is 0 Å². The highest BCUT2D eigenvalue weighted by Gasteiger charge is 2.59. The van der Waals surface area contributed by atoms with Gasteiger partial charge in [0.25, 0.3) is 0 Å². The lowest BCUT2D eigenvalue weighted by Gasteiger charge is -2.31. The minimum absolute atomic E-state index is 0.507. The number of hydrogen-bond acceptors (Lipinski definition) is 0. The number of rotatable bonds is 7. The lowest BCUT2D eigenvalue weighted by atomic mass is 9.74. The first-order valence-electron chi connectivity index (χ1n) is 9.63. The minimum Gasteiger partial charge on any atom is -0.0998 e. The van der Waals surface area contributed by atoms with Gasteiger partial charge in [0, 0.05) is 0 Å². The smallest absolute Gasteiger partial charge is 0.0135 e. The van der Waals surface area contributed by atoms with E-state index in [-0.39, 0.29) is 0 Å². The van der Waals surface area contributed by atoms with Crippen LogP contribution in [0, 0.1) is 35.0 Å². The lowest BCUT2D eigenvalue weighted by Crippen LogP contribution is -2.19. The van der Waals surface area contributed by atoms with Crippen molar-refractivity contribution < 1.29 is 0 Å². The van der Waals surface area contributed by atoms with Crippen molar-refractivity contribution in [2.75, 3.05) is 0 Å². The van der Waals surface area contributed by atoms with Gasteiger partial charge in [0.05, 0.1) is 0 Å². The Bertz CT molecular complexity index is 408. The topological polar surface area (TPSA) is 0 Å². The standard InChI is InChI=1S/C22H38/c1-8-20-21(22(20,6)7)19(15(2)3)14-16(4)17(5)18-12-10-9-11-13-18/h17-21H,2,4,8-14H2,1,3,5-7H3. The first-order valence-corrected chi connectivity index (χ1v) is 9.63. The zero-order valence-corrected chi connectivity index (χ0v) is 15.8. The summed E-state index contributed by atoms with van der Waals surface area (Å²) >= 11 is 0.